The Labute approximate surface area is 86.5 Å². The third-order valence-corrected chi connectivity index (χ3v) is 2.94. The Morgan fingerprint density at radius 1 is 1.25 bits per heavy atom. The molecule has 0 bridgehead atoms. The summed E-state index contributed by atoms with van der Waals surface area (Å²) in [7, 11) is 0. The second kappa shape index (κ2) is 4.66. The van der Waals surface area contributed by atoms with Crippen molar-refractivity contribution < 1.29 is 0 Å². The number of nitrogens with two attached hydrogens (primary N) is 1. The van der Waals surface area contributed by atoms with Crippen LogP contribution in [0, 0.1) is 5.92 Å². The van der Waals surface area contributed by atoms with Crippen LogP contribution in [0.1, 0.15) is 25.7 Å². The minimum Gasteiger partial charge on any atom is -0.325 e. The van der Waals surface area contributed by atoms with Crippen molar-refractivity contribution in [2.45, 2.75) is 31.2 Å². The highest BCUT2D eigenvalue weighted by atomic mass is 35.5. The number of rotatable bonds is 1. The van der Waals surface area contributed by atoms with Crippen LogP contribution in [0.15, 0.2) is 0 Å². The quantitative estimate of drug-likeness (QED) is 0.689. The van der Waals surface area contributed by atoms with E-state index in [2.05, 4.69) is 5.32 Å². The first kappa shape index (κ1) is 12.5. The highest BCUT2D eigenvalue weighted by Crippen LogP contribution is 2.41. The molecule has 74 valence electrons. The molecule has 12 heavy (non-hydrogen) atoms. The van der Waals surface area contributed by atoms with E-state index in [0.717, 1.165) is 12.5 Å². The molecule has 3 N–H and O–H groups in total. The first-order valence-electron chi connectivity index (χ1n) is 4.31. The van der Waals surface area contributed by atoms with Crippen molar-refractivity contribution in [1.29, 1.82) is 0 Å². The molecule has 0 radical (unpaired) electrons. The van der Waals surface area contributed by atoms with Crippen molar-refractivity contribution in [3.8, 4) is 0 Å². The van der Waals surface area contributed by atoms with E-state index in [1.54, 1.807) is 0 Å². The van der Waals surface area contributed by atoms with Crippen molar-refractivity contribution in [2.24, 2.45) is 11.7 Å². The molecule has 1 saturated heterocycles. The fourth-order valence-corrected chi connectivity index (χ4v) is 1.90. The molecular formula is C8H18Cl2N2. The van der Waals surface area contributed by atoms with Gasteiger partial charge < -0.3 is 11.1 Å². The molecule has 0 amide bonds. The summed E-state index contributed by atoms with van der Waals surface area (Å²) in [5.74, 6) is 0.779. The monoisotopic (exact) mass is 212 g/mol. The normalized spacial score (nSPS) is 31.2. The van der Waals surface area contributed by atoms with Crippen LogP contribution in [0.3, 0.4) is 0 Å². The lowest BCUT2D eigenvalue weighted by molar-refractivity contribution is 0.309. The van der Waals surface area contributed by atoms with Gasteiger partial charge in [-0.2, -0.15) is 0 Å². The van der Waals surface area contributed by atoms with Crippen LogP contribution in [0.25, 0.3) is 0 Å². The number of nitrogens with one attached hydrogen (secondary N) is 1. The highest BCUT2D eigenvalue weighted by molar-refractivity contribution is 5.85. The smallest absolute Gasteiger partial charge is 0.0196 e. The van der Waals surface area contributed by atoms with E-state index in [9.17, 15) is 0 Å². The molecular weight excluding hydrogens is 195 g/mol. The maximum atomic E-state index is 6.08. The van der Waals surface area contributed by atoms with Crippen LogP contribution in [0.2, 0.25) is 0 Å². The minimum absolute atomic E-state index is 0. The first-order chi connectivity index (χ1) is 4.81. The van der Waals surface area contributed by atoms with Crippen LogP contribution in [0.5, 0.6) is 0 Å². The molecule has 1 saturated carbocycles. The summed E-state index contributed by atoms with van der Waals surface area (Å²) in [6.07, 6.45) is 5.20. The molecule has 4 heteroatoms. The largest absolute Gasteiger partial charge is 0.325 e. The molecule has 0 spiro atoms. The zero-order valence-corrected chi connectivity index (χ0v) is 8.85. The van der Waals surface area contributed by atoms with E-state index in [1.165, 1.54) is 32.2 Å². The van der Waals surface area contributed by atoms with Crippen molar-refractivity contribution in [1.82, 2.24) is 5.32 Å². The number of hydrogen-bond donors (Lipinski definition) is 2. The van der Waals surface area contributed by atoms with Gasteiger partial charge in [0.05, 0.1) is 0 Å². The van der Waals surface area contributed by atoms with Crippen molar-refractivity contribution in [3.05, 3.63) is 0 Å². The molecule has 2 fully saturated rings. The van der Waals surface area contributed by atoms with Gasteiger partial charge in [-0.3, -0.25) is 0 Å². The minimum atomic E-state index is 0. The maximum Gasteiger partial charge on any atom is 0.0196 e. The summed E-state index contributed by atoms with van der Waals surface area (Å²) < 4.78 is 0. The molecule has 2 nitrogen and oxygen atoms in total. The van der Waals surface area contributed by atoms with Crippen molar-refractivity contribution in [2.75, 3.05) is 13.1 Å². The second-order valence-corrected chi connectivity index (χ2v) is 3.78. The molecule has 2 rings (SSSR count). The Balaban J connectivity index is 0.000000605. The Morgan fingerprint density at radius 3 is 2.33 bits per heavy atom. The van der Waals surface area contributed by atoms with Crippen molar-refractivity contribution >= 4 is 24.8 Å². The highest BCUT2D eigenvalue weighted by Gasteiger charge is 2.45. The van der Waals surface area contributed by atoms with Crippen LogP contribution in [0.4, 0.5) is 0 Å². The summed E-state index contributed by atoms with van der Waals surface area (Å²) in [6.45, 7) is 2.36. The molecule has 0 aromatic heterocycles. The van der Waals surface area contributed by atoms with Crippen molar-refractivity contribution in [3.63, 3.8) is 0 Å². The van der Waals surface area contributed by atoms with E-state index in [-0.39, 0.29) is 30.4 Å². The fraction of sp³-hybridized carbons (Fsp3) is 1.00. The first-order valence-corrected chi connectivity index (χ1v) is 4.31. The van der Waals surface area contributed by atoms with E-state index in [0.29, 0.717) is 0 Å². The molecule has 0 aromatic rings. The van der Waals surface area contributed by atoms with E-state index < -0.39 is 0 Å². The Bertz CT molecular complexity index is 131. The Hall–Kier alpha value is 0.500. The standard InChI is InChI=1S/C8H16N2.2ClH/c9-8(3-4-8)7-2-1-5-10-6-7;;/h7,10H,1-6,9H2;2*1H. The number of halogens is 2. The van der Waals surface area contributed by atoms with Gasteiger partial charge in [-0.15, -0.1) is 24.8 Å². The summed E-state index contributed by atoms with van der Waals surface area (Å²) in [5.41, 5.74) is 6.34. The fourth-order valence-electron chi connectivity index (χ4n) is 1.90. The Morgan fingerprint density at radius 2 is 1.92 bits per heavy atom. The predicted molar refractivity (Wildman–Crippen MR) is 56.2 cm³/mol. The van der Waals surface area contributed by atoms with Gasteiger partial charge >= 0.3 is 0 Å². The SMILES string of the molecule is Cl.Cl.NC1(C2CCCNC2)CC1. The van der Waals surface area contributed by atoms with Gasteiger partial charge in [-0.05, 0) is 44.7 Å². The molecule has 1 aliphatic carbocycles. The lowest BCUT2D eigenvalue weighted by Crippen LogP contribution is -2.42. The van der Waals surface area contributed by atoms with E-state index >= 15 is 0 Å². The lowest BCUT2D eigenvalue weighted by Gasteiger charge is -2.27. The zero-order valence-electron chi connectivity index (χ0n) is 7.21. The molecule has 1 aliphatic heterocycles. The number of piperidine rings is 1. The van der Waals surface area contributed by atoms with Crippen LogP contribution < -0.4 is 11.1 Å². The van der Waals surface area contributed by atoms with Gasteiger partial charge in [0, 0.05) is 5.54 Å². The van der Waals surface area contributed by atoms with Gasteiger partial charge in [0.1, 0.15) is 0 Å². The average Bonchev–Trinajstić information content (AvgIpc) is 2.72. The summed E-state index contributed by atoms with van der Waals surface area (Å²) in [5, 5.41) is 3.40. The zero-order chi connectivity index (χ0) is 7.03. The summed E-state index contributed by atoms with van der Waals surface area (Å²) in [4.78, 5) is 0. The van der Waals surface area contributed by atoms with Gasteiger partial charge in [0.25, 0.3) is 0 Å². The molecule has 1 atom stereocenters. The second-order valence-electron chi connectivity index (χ2n) is 3.78. The number of hydrogen-bond acceptors (Lipinski definition) is 2. The molecule has 1 unspecified atom stereocenters. The van der Waals surface area contributed by atoms with E-state index in [1.807, 2.05) is 0 Å². The topological polar surface area (TPSA) is 38.0 Å². The van der Waals surface area contributed by atoms with Crippen LogP contribution in [-0.2, 0) is 0 Å². The molecule has 1 heterocycles. The Kier molecular flexibility index (Phi) is 4.85. The van der Waals surface area contributed by atoms with Gasteiger partial charge in [-0.25, -0.2) is 0 Å². The summed E-state index contributed by atoms with van der Waals surface area (Å²) >= 11 is 0. The summed E-state index contributed by atoms with van der Waals surface area (Å²) in [6, 6.07) is 0. The third-order valence-electron chi connectivity index (χ3n) is 2.94. The lowest BCUT2D eigenvalue weighted by atomic mass is 9.90. The maximum absolute atomic E-state index is 6.08. The van der Waals surface area contributed by atoms with E-state index in [4.69, 9.17) is 5.73 Å². The van der Waals surface area contributed by atoms with Crippen LogP contribution in [-0.4, -0.2) is 18.6 Å². The van der Waals surface area contributed by atoms with Gasteiger partial charge in [-0.1, -0.05) is 0 Å². The van der Waals surface area contributed by atoms with Crippen LogP contribution >= 0.6 is 24.8 Å². The average molecular weight is 213 g/mol. The molecule has 2 aliphatic rings. The molecule has 0 aromatic carbocycles. The van der Waals surface area contributed by atoms with Gasteiger partial charge in [0.2, 0.25) is 0 Å². The third kappa shape index (κ3) is 2.49. The van der Waals surface area contributed by atoms with Gasteiger partial charge in [0.15, 0.2) is 0 Å². The predicted octanol–water partition coefficient (Wildman–Crippen LogP) is 1.32.